The van der Waals surface area contributed by atoms with Crippen molar-refractivity contribution in [3.05, 3.63) is 11.1 Å². The molecule has 1 aliphatic rings. The van der Waals surface area contributed by atoms with Crippen LogP contribution in [0, 0.1) is 0 Å². The first kappa shape index (κ1) is 15.2. The minimum atomic E-state index is -1.13. The minimum Gasteiger partial charge on any atom is -0.478 e. The van der Waals surface area contributed by atoms with E-state index in [1.807, 2.05) is 0 Å². The summed E-state index contributed by atoms with van der Waals surface area (Å²) in [6.45, 7) is 5.27. The Kier molecular flexibility index (Phi) is 5.09. The molecule has 0 aromatic rings. The van der Waals surface area contributed by atoms with Gasteiger partial charge in [0, 0.05) is 17.7 Å². The first-order chi connectivity index (χ1) is 8.90. The molecule has 0 aromatic carbocycles. The second-order valence-corrected chi connectivity index (χ2v) is 4.46. The topological polar surface area (TPSA) is 83.9 Å². The number of ether oxygens (including phenoxy) is 1. The Hall–Kier alpha value is -1.85. The SMILES string of the molecule is CCOC(=O)C1CCCN1C(=O)C(C)=C(C)C(=O)O. The van der Waals surface area contributed by atoms with Gasteiger partial charge < -0.3 is 14.7 Å². The van der Waals surface area contributed by atoms with Crippen LogP contribution in [0.5, 0.6) is 0 Å². The van der Waals surface area contributed by atoms with Crippen molar-refractivity contribution in [2.45, 2.75) is 39.7 Å². The molecule has 19 heavy (non-hydrogen) atoms. The summed E-state index contributed by atoms with van der Waals surface area (Å²) in [7, 11) is 0. The minimum absolute atomic E-state index is 0.000455. The molecule has 106 valence electrons. The molecular weight excluding hydrogens is 250 g/mol. The Morgan fingerprint density at radius 1 is 1.26 bits per heavy atom. The Labute approximate surface area is 112 Å². The highest BCUT2D eigenvalue weighted by Gasteiger charge is 2.36. The van der Waals surface area contributed by atoms with Crippen molar-refractivity contribution in [2.24, 2.45) is 0 Å². The van der Waals surface area contributed by atoms with E-state index in [9.17, 15) is 14.4 Å². The molecule has 1 N–H and O–H groups in total. The van der Waals surface area contributed by atoms with E-state index in [1.54, 1.807) is 6.92 Å². The van der Waals surface area contributed by atoms with E-state index in [0.717, 1.165) is 0 Å². The summed E-state index contributed by atoms with van der Waals surface area (Å²) in [6.07, 6.45) is 1.28. The summed E-state index contributed by atoms with van der Waals surface area (Å²) in [4.78, 5) is 36.2. The fourth-order valence-electron chi connectivity index (χ4n) is 2.03. The maximum Gasteiger partial charge on any atom is 0.331 e. The van der Waals surface area contributed by atoms with Gasteiger partial charge in [0.25, 0.3) is 5.91 Å². The first-order valence-corrected chi connectivity index (χ1v) is 6.28. The maximum absolute atomic E-state index is 12.2. The van der Waals surface area contributed by atoms with Crippen molar-refractivity contribution in [1.82, 2.24) is 4.90 Å². The predicted octanol–water partition coefficient (Wildman–Crippen LogP) is 0.962. The van der Waals surface area contributed by atoms with Gasteiger partial charge >= 0.3 is 11.9 Å². The average Bonchev–Trinajstić information content (AvgIpc) is 2.85. The number of nitrogens with zero attached hydrogens (tertiary/aromatic N) is 1. The molecule has 6 nitrogen and oxygen atoms in total. The normalized spacial score (nSPS) is 19.9. The van der Waals surface area contributed by atoms with E-state index in [-0.39, 0.29) is 17.8 Å². The van der Waals surface area contributed by atoms with Gasteiger partial charge in [0.05, 0.1) is 6.61 Å². The van der Waals surface area contributed by atoms with Crippen molar-refractivity contribution in [3.63, 3.8) is 0 Å². The third kappa shape index (κ3) is 3.33. The number of esters is 1. The van der Waals surface area contributed by atoms with Crippen LogP contribution < -0.4 is 0 Å². The summed E-state index contributed by atoms with van der Waals surface area (Å²) in [5, 5.41) is 8.88. The number of carboxylic acid groups (broad SMARTS) is 1. The molecule has 0 radical (unpaired) electrons. The molecule has 1 fully saturated rings. The number of rotatable bonds is 4. The Morgan fingerprint density at radius 2 is 1.89 bits per heavy atom. The molecule has 1 amide bonds. The van der Waals surface area contributed by atoms with Gasteiger partial charge in [-0.05, 0) is 33.6 Å². The van der Waals surface area contributed by atoms with Crippen LogP contribution in [0.3, 0.4) is 0 Å². The summed E-state index contributed by atoms with van der Waals surface area (Å²) >= 11 is 0. The third-order valence-electron chi connectivity index (χ3n) is 3.28. The Morgan fingerprint density at radius 3 is 2.42 bits per heavy atom. The molecule has 0 aromatic heterocycles. The van der Waals surface area contributed by atoms with E-state index < -0.39 is 23.9 Å². The fraction of sp³-hybridized carbons (Fsp3) is 0.615. The number of carboxylic acids is 1. The van der Waals surface area contributed by atoms with E-state index in [0.29, 0.717) is 19.4 Å². The standard InChI is InChI=1S/C13H19NO5/c1-4-19-13(18)10-6-5-7-14(10)11(15)8(2)9(3)12(16)17/h10H,4-7H2,1-3H3,(H,16,17). The Balaban J connectivity index is 2.90. The zero-order valence-corrected chi connectivity index (χ0v) is 11.4. The number of hydrogen-bond donors (Lipinski definition) is 1. The second-order valence-electron chi connectivity index (χ2n) is 4.46. The maximum atomic E-state index is 12.2. The van der Waals surface area contributed by atoms with Gasteiger partial charge in [-0.15, -0.1) is 0 Å². The molecule has 0 spiro atoms. The predicted molar refractivity (Wildman–Crippen MR) is 67.4 cm³/mol. The fourth-order valence-corrected chi connectivity index (χ4v) is 2.03. The lowest BCUT2D eigenvalue weighted by molar-refractivity contribution is -0.152. The lowest BCUT2D eigenvalue weighted by Gasteiger charge is -2.23. The summed E-state index contributed by atoms with van der Waals surface area (Å²) in [5.41, 5.74) is 0.156. The number of carbonyl (C=O) groups is 3. The van der Waals surface area contributed by atoms with E-state index in [1.165, 1.54) is 18.7 Å². The quantitative estimate of drug-likeness (QED) is 0.607. The van der Waals surface area contributed by atoms with Gasteiger partial charge in [-0.2, -0.15) is 0 Å². The van der Waals surface area contributed by atoms with Crippen LogP contribution in [-0.4, -0.2) is 47.0 Å². The van der Waals surface area contributed by atoms with Gasteiger partial charge in [0.15, 0.2) is 0 Å². The van der Waals surface area contributed by atoms with Crippen LogP contribution in [-0.2, 0) is 19.1 Å². The lowest BCUT2D eigenvalue weighted by Crippen LogP contribution is -2.42. The van der Waals surface area contributed by atoms with Crippen molar-refractivity contribution >= 4 is 17.8 Å². The summed E-state index contributed by atoms with van der Waals surface area (Å²) in [5.74, 6) is -1.96. The number of carbonyl (C=O) groups excluding carboxylic acids is 2. The molecule has 1 heterocycles. The van der Waals surface area contributed by atoms with Crippen molar-refractivity contribution < 1.29 is 24.2 Å². The van der Waals surface area contributed by atoms with Crippen molar-refractivity contribution in [1.29, 1.82) is 0 Å². The number of aliphatic carboxylic acids is 1. The zero-order chi connectivity index (χ0) is 14.6. The molecule has 0 aliphatic carbocycles. The zero-order valence-electron chi connectivity index (χ0n) is 11.4. The van der Waals surface area contributed by atoms with Gasteiger partial charge in [-0.1, -0.05) is 0 Å². The second kappa shape index (κ2) is 6.36. The molecule has 6 heteroatoms. The summed E-state index contributed by atoms with van der Waals surface area (Å²) < 4.78 is 4.93. The lowest BCUT2D eigenvalue weighted by atomic mass is 10.1. The molecule has 1 unspecified atom stereocenters. The highest BCUT2D eigenvalue weighted by atomic mass is 16.5. The monoisotopic (exact) mass is 269 g/mol. The van der Waals surface area contributed by atoms with E-state index >= 15 is 0 Å². The van der Waals surface area contributed by atoms with Gasteiger partial charge in [-0.3, -0.25) is 4.79 Å². The molecule has 0 bridgehead atoms. The molecule has 1 rings (SSSR count). The first-order valence-electron chi connectivity index (χ1n) is 6.28. The number of amides is 1. The molecule has 1 aliphatic heterocycles. The van der Waals surface area contributed by atoms with Gasteiger partial charge in [0.1, 0.15) is 6.04 Å². The van der Waals surface area contributed by atoms with E-state index in [4.69, 9.17) is 9.84 Å². The van der Waals surface area contributed by atoms with Crippen molar-refractivity contribution in [3.8, 4) is 0 Å². The highest BCUT2D eigenvalue weighted by Crippen LogP contribution is 2.21. The molecular formula is C13H19NO5. The van der Waals surface area contributed by atoms with Crippen LogP contribution in [0.1, 0.15) is 33.6 Å². The van der Waals surface area contributed by atoms with Gasteiger partial charge in [-0.25, -0.2) is 9.59 Å². The Bertz CT molecular complexity index is 427. The van der Waals surface area contributed by atoms with Gasteiger partial charge in [0.2, 0.25) is 0 Å². The van der Waals surface area contributed by atoms with E-state index in [2.05, 4.69) is 0 Å². The smallest absolute Gasteiger partial charge is 0.331 e. The number of hydrogen-bond acceptors (Lipinski definition) is 4. The largest absolute Gasteiger partial charge is 0.478 e. The molecule has 0 saturated carbocycles. The molecule has 1 saturated heterocycles. The van der Waals surface area contributed by atoms with Crippen LogP contribution >= 0.6 is 0 Å². The average molecular weight is 269 g/mol. The van der Waals surface area contributed by atoms with Crippen LogP contribution in [0.4, 0.5) is 0 Å². The summed E-state index contributed by atoms with van der Waals surface area (Å²) in [6, 6.07) is -0.594. The van der Waals surface area contributed by atoms with Crippen molar-refractivity contribution in [2.75, 3.05) is 13.2 Å². The third-order valence-corrected chi connectivity index (χ3v) is 3.28. The molecule has 1 atom stereocenters. The number of likely N-dealkylation sites (tertiary alicyclic amines) is 1. The van der Waals surface area contributed by atoms with Crippen LogP contribution in [0.15, 0.2) is 11.1 Å². The highest BCUT2D eigenvalue weighted by molar-refractivity contribution is 6.02. The van der Waals surface area contributed by atoms with Crippen LogP contribution in [0.2, 0.25) is 0 Å². The van der Waals surface area contributed by atoms with Crippen LogP contribution in [0.25, 0.3) is 0 Å².